The Morgan fingerprint density at radius 1 is 1.15 bits per heavy atom. The number of ether oxygens (including phenoxy) is 1. The molecule has 0 saturated carbocycles. The number of amides is 1. The van der Waals surface area contributed by atoms with Gasteiger partial charge in [0.15, 0.2) is 11.8 Å². The fourth-order valence-electron chi connectivity index (χ4n) is 2.46. The van der Waals surface area contributed by atoms with Crippen molar-refractivity contribution < 1.29 is 18.7 Å². The summed E-state index contributed by atoms with van der Waals surface area (Å²) in [4.78, 5) is 32.4. The second-order valence-electron chi connectivity index (χ2n) is 5.92. The van der Waals surface area contributed by atoms with Crippen LogP contribution in [0.1, 0.15) is 28.9 Å². The van der Waals surface area contributed by atoms with Gasteiger partial charge in [0.2, 0.25) is 0 Å². The average Bonchev–Trinajstić information content (AvgIpc) is 2.65. The molecule has 2 aromatic rings. The molecule has 1 heterocycles. The normalized spacial score (nSPS) is 10.5. The molecule has 1 amide bonds. The number of halogens is 1. The summed E-state index contributed by atoms with van der Waals surface area (Å²) < 4.78 is 17.8. The van der Waals surface area contributed by atoms with Crippen molar-refractivity contribution in [3.63, 3.8) is 0 Å². The first-order valence-electron chi connectivity index (χ1n) is 8.44. The van der Waals surface area contributed by atoms with Gasteiger partial charge in [-0.05, 0) is 49.8 Å². The zero-order chi connectivity index (χ0) is 19.8. The number of esters is 1. The van der Waals surface area contributed by atoms with E-state index in [1.165, 1.54) is 23.9 Å². The summed E-state index contributed by atoms with van der Waals surface area (Å²) in [5, 5.41) is 3.32. The van der Waals surface area contributed by atoms with Crippen LogP contribution >= 0.6 is 11.8 Å². The third-order valence-electron chi connectivity index (χ3n) is 3.93. The maximum atomic E-state index is 12.8. The van der Waals surface area contributed by atoms with E-state index in [1.807, 2.05) is 20.1 Å². The molecule has 0 aliphatic heterocycles. The van der Waals surface area contributed by atoms with Crippen molar-refractivity contribution in [2.24, 2.45) is 0 Å². The smallest absolute Gasteiger partial charge is 0.306 e. The summed E-state index contributed by atoms with van der Waals surface area (Å²) in [5.74, 6) is -1.20. The molecule has 0 unspecified atom stereocenters. The van der Waals surface area contributed by atoms with Crippen LogP contribution in [0.25, 0.3) is 0 Å². The van der Waals surface area contributed by atoms with Crippen LogP contribution in [0.15, 0.2) is 29.4 Å². The van der Waals surface area contributed by atoms with Crippen LogP contribution < -0.4 is 5.32 Å². The van der Waals surface area contributed by atoms with Gasteiger partial charge in [0.1, 0.15) is 5.82 Å². The number of aryl methyl sites for hydroxylation is 2. The molecule has 2 rings (SSSR count). The number of hydrogen-bond acceptors (Lipinski definition) is 6. The first kappa shape index (κ1) is 20.8. The van der Waals surface area contributed by atoms with Gasteiger partial charge in [0.25, 0.3) is 5.91 Å². The number of carbonyl (C=O) groups excluding carboxylic acids is 2. The van der Waals surface area contributed by atoms with Gasteiger partial charge in [-0.25, -0.2) is 14.4 Å². The van der Waals surface area contributed by atoms with Gasteiger partial charge < -0.3 is 10.1 Å². The topological polar surface area (TPSA) is 81.2 Å². The van der Waals surface area contributed by atoms with Crippen LogP contribution in [-0.2, 0) is 27.3 Å². The monoisotopic (exact) mass is 391 g/mol. The lowest BCUT2D eigenvalue weighted by molar-refractivity contribution is -0.148. The Hall–Kier alpha value is -2.48. The van der Waals surface area contributed by atoms with Crippen molar-refractivity contribution in [1.82, 2.24) is 15.3 Å². The molecule has 0 radical (unpaired) electrons. The Labute approximate surface area is 161 Å². The third-order valence-corrected chi connectivity index (χ3v) is 4.48. The molecule has 0 saturated heterocycles. The molecule has 8 heteroatoms. The Morgan fingerprint density at radius 2 is 1.78 bits per heavy atom. The molecule has 27 heavy (non-hydrogen) atoms. The maximum absolute atomic E-state index is 12.8. The van der Waals surface area contributed by atoms with E-state index in [4.69, 9.17) is 4.74 Å². The summed E-state index contributed by atoms with van der Waals surface area (Å²) in [5.41, 5.74) is 3.37. The van der Waals surface area contributed by atoms with Crippen molar-refractivity contribution in [3.8, 4) is 0 Å². The fraction of sp³-hybridized carbons (Fsp3) is 0.368. The summed E-state index contributed by atoms with van der Waals surface area (Å²) in [6, 6.07) is 5.80. The van der Waals surface area contributed by atoms with Gasteiger partial charge in [0.05, 0.1) is 0 Å². The first-order valence-corrected chi connectivity index (χ1v) is 9.66. The van der Waals surface area contributed by atoms with Crippen LogP contribution in [0.2, 0.25) is 0 Å². The molecule has 0 spiro atoms. The largest absolute Gasteiger partial charge is 0.456 e. The molecule has 1 aromatic carbocycles. The maximum Gasteiger partial charge on any atom is 0.306 e. The molecular formula is C19H22FN3O3S. The van der Waals surface area contributed by atoms with Crippen LogP contribution in [0, 0.1) is 19.7 Å². The molecule has 144 valence electrons. The third kappa shape index (κ3) is 6.63. The highest BCUT2D eigenvalue weighted by Crippen LogP contribution is 2.17. The van der Waals surface area contributed by atoms with Crippen molar-refractivity contribution in [1.29, 1.82) is 0 Å². The lowest BCUT2D eigenvalue weighted by atomic mass is 10.1. The number of aromatic nitrogens is 2. The van der Waals surface area contributed by atoms with Gasteiger partial charge in [0, 0.05) is 24.4 Å². The minimum Gasteiger partial charge on any atom is -0.456 e. The van der Waals surface area contributed by atoms with E-state index >= 15 is 0 Å². The van der Waals surface area contributed by atoms with E-state index in [-0.39, 0.29) is 25.4 Å². The second kappa shape index (κ2) is 10.0. The molecule has 0 aliphatic rings. The summed E-state index contributed by atoms with van der Waals surface area (Å²) in [6.45, 7) is 3.67. The van der Waals surface area contributed by atoms with Gasteiger partial charge >= 0.3 is 5.97 Å². The van der Waals surface area contributed by atoms with E-state index in [0.29, 0.717) is 11.6 Å². The molecule has 0 bridgehead atoms. The Kier molecular flexibility index (Phi) is 7.72. The zero-order valence-electron chi connectivity index (χ0n) is 15.5. The quantitative estimate of drug-likeness (QED) is 0.423. The van der Waals surface area contributed by atoms with E-state index in [9.17, 15) is 14.0 Å². The molecule has 0 aliphatic carbocycles. The van der Waals surface area contributed by atoms with Gasteiger partial charge in [-0.1, -0.05) is 23.9 Å². The van der Waals surface area contributed by atoms with Crippen LogP contribution in [0.4, 0.5) is 4.39 Å². The van der Waals surface area contributed by atoms with E-state index in [2.05, 4.69) is 15.3 Å². The van der Waals surface area contributed by atoms with Crippen LogP contribution in [0.3, 0.4) is 0 Å². The number of carbonyl (C=O) groups is 2. The number of rotatable bonds is 8. The van der Waals surface area contributed by atoms with Crippen molar-refractivity contribution >= 4 is 23.6 Å². The summed E-state index contributed by atoms with van der Waals surface area (Å²) >= 11 is 1.47. The van der Waals surface area contributed by atoms with E-state index in [0.717, 1.165) is 22.5 Å². The molecular weight excluding hydrogens is 369 g/mol. The first-order chi connectivity index (χ1) is 12.9. The number of nitrogens with zero attached hydrogens (tertiary/aromatic N) is 2. The molecule has 0 fully saturated rings. The predicted molar refractivity (Wildman–Crippen MR) is 101 cm³/mol. The van der Waals surface area contributed by atoms with Gasteiger partial charge in [-0.2, -0.15) is 0 Å². The number of nitrogens with one attached hydrogen (secondary N) is 1. The minimum absolute atomic E-state index is 0.148. The average molecular weight is 391 g/mol. The Balaban J connectivity index is 1.74. The van der Waals surface area contributed by atoms with Crippen molar-refractivity contribution in [2.75, 3.05) is 12.9 Å². The molecule has 0 atom stereocenters. The summed E-state index contributed by atoms with van der Waals surface area (Å²) in [7, 11) is 0. The van der Waals surface area contributed by atoms with E-state index < -0.39 is 11.9 Å². The van der Waals surface area contributed by atoms with Gasteiger partial charge in [-0.3, -0.25) is 9.59 Å². The fourth-order valence-corrected chi connectivity index (χ4v) is 2.92. The van der Waals surface area contributed by atoms with E-state index in [1.54, 1.807) is 12.1 Å². The lowest BCUT2D eigenvalue weighted by Crippen LogP contribution is -2.28. The SMILES string of the molecule is CSc1nc(C)c(CCC(=O)OCC(=O)NCc2ccc(F)cc2)c(C)n1. The van der Waals surface area contributed by atoms with Crippen LogP contribution in [-0.4, -0.2) is 34.7 Å². The highest BCUT2D eigenvalue weighted by molar-refractivity contribution is 7.98. The standard InChI is InChI=1S/C19H22FN3O3S/c1-12-16(13(2)23-19(22-12)27-3)8-9-18(25)26-11-17(24)21-10-14-4-6-15(20)7-5-14/h4-7H,8-11H2,1-3H3,(H,21,24). The minimum atomic E-state index is -0.459. The zero-order valence-corrected chi connectivity index (χ0v) is 16.4. The number of thioether (sulfide) groups is 1. The number of hydrogen-bond donors (Lipinski definition) is 1. The lowest BCUT2D eigenvalue weighted by Gasteiger charge is -2.10. The predicted octanol–water partition coefficient (Wildman–Crippen LogP) is 2.75. The Bertz CT molecular complexity index is 789. The number of benzene rings is 1. The van der Waals surface area contributed by atoms with Gasteiger partial charge in [-0.15, -0.1) is 0 Å². The molecule has 1 N–H and O–H groups in total. The summed E-state index contributed by atoms with van der Waals surface area (Å²) in [6.07, 6.45) is 2.52. The molecule has 6 nitrogen and oxygen atoms in total. The highest BCUT2D eigenvalue weighted by Gasteiger charge is 2.12. The Morgan fingerprint density at radius 3 is 2.37 bits per heavy atom. The highest BCUT2D eigenvalue weighted by atomic mass is 32.2. The van der Waals surface area contributed by atoms with Crippen molar-refractivity contribution in [2.45, 2.75) is 38.4 Å². The second-order valence-corrected chi connectivity index (χ2v) is 6.70. The van der Waals surface area contributed by atoms with Crippen LogP contribution in [0.5, 0.6) is 0 Å². The molecule has 1 aromatic heterocycles. The van der Waals surface area contributed by atoms with Crippen molar-refractivity contribution in [3.05, 3.63) is 52.6 Å².